The molecule has 0 saturated heterocycles. The Labute approximate surface area is 187 Å². The van der Waals surface area contributed by atoms with Gasteiger partial charge in [-0.3, -0.25) is 9.89 Å². The highest BCUT2D eigenvalue weighted by Gasteiger charge is 2.19. The van der Waals surface area contributed by atoms with Crippen LogP contribution in [0.15, 0.2) is 17.1 Å². The Balaban J connectivity index is 0.00000392. The molecule has 0 radical (unpaired) electrons. The summed E-state index contributed by atoms with van der Waals surface area (Å²) in [6.45, 7) is 10.0. The molecule has 0 fully saturated rings. The Hall–Kier alpha value is -1.22. The predicted octanol–water partition coefficient (Wildman–Crippen LogP) is 3.38. The highest BCUT2D eigenvalue weighted by Crippen LogP contribution is 2.33. The van der Waals surface area contributed by atoms with Crippen molar-refractivity contribution in [1.82, 2.24) is 15.1 Å². The fourth-order valence-corrected chi connectivity index (χ4v) is 3.40. The van der Waals surface area contributed by atoms with Crippen molar-refractivity contribution in [2.75, 3.05) is 54.0 Å². The molecule has 0 unspecified atom stereocenters. The monoisotopic (exact) mass is 504 g/mol. The minimum atomic E-state index is 0. The molecule has 6 nitrogen and oxygen atoms in total. The van der Waals surface area contributed by atoms with E-state index in [2.05, 4.69) is 48.1 Å². The molecule has 0 aromatic heterocycles. The molecule has 1 N–H and O–H groups in total. The summed E-state index contributed by atoms with van der Waals surface area (Å²) in [5, 5.41) is 3.40. The van der Waals surface area contributed by atoms with Crippen LogP contribution in [0.1, 0.15) is 37.8 Å². The lowest BCUT2D eigenvalue weighted by Crippen LogP contribution is -2.40. The number of methoxy groups -OCH3 is 2. The SMILES string of the molecule is CCCCN(C)C(=NCCN1CCc2cc(OC)c(OC)cc2C1)NCC.I. The van der Waals surface area contributed by atoms with Crippen LogP contribution in [-0.4, -0.2) is 69.8 Å². The van der Waals surface area contributed by atoms with Crippen LogP contribution < -0.4 is 14.8 Å². The summed E-state index contributed by atoms with van der Waals surface area (Å²) in [6, 6.07) is 4.24. The number of guanidine groups is 1. The van der Waals surface area contributed by atoms with Crippen molar-refractivity contribution in [3.63, 3.8) is 0 Å². The van der Waals surface area contributed by atoms with E-state index in [1.807, 2.05) is 0 Å². The molecule has 1 heterocycles. The van der Waals surface area contributed by atoms with Gasteiger partial charge in [0.2, 0.25) is 0 Å². The summed E-state index contributed by atoms with van der Waals surface area (Å²) in [6.07, 6.45) is 3.43. The van der Waals surface area contributed by atoms with E-state index in [0.717, 1.165) is 63.1 Å². The quantitative estimate of drug-likeness (QED) is 0.318. The van der Waals surface area contributed by atoms with Gasteiger partial charge in [-0.05, 0) is 43.0 Å². The number of halogens is 1. The third kappa shape index (κ3) is 6.99. The van der Waals surface area contributed by atoms with Gasteiger partial charge >= 0.3 is 0 Å². The van der Waals surface area contributed by atoms with Crippen LogP contribution in [0.4, 0.5) is 0 Å². The van der Waals surface area contributed by atoms with Crippen LogP contribution in [0, 0.1) is 0 Å². The summed E-state index contributed by atoms with van der Waals surface area (Å²) in [5.41, 5.74) is 2.69. The topological polar surface area (TPSA) is 49.3 Å². The van der Waals surface area contributed by atoms with Crippen LogP contribution in [0.25, 0.3) is 0 Å². The molecule has 1 aliphatic heterocycles. The van der Waals surface area contributed by atoms with Crippen molar-refractivity contribution in [2.24, 2.45) is 4.99 Å². The molecule has 160 valence electrons. The molecule has 0 spiro atoms. The Kier molecular flexibility index (Phi) is 11.6. The lowest BCUT2D eigenvalue weighted by Gasteiger charge is -2.29. The summed E-state index contributed by atoms with van der Waals surface area (Å²) >= 11 is 0. The molecule has 7 heteroatoms. The third-order valence-electron chi connectivity index (χ3n) is 5.02. The van der Waals surface area contributed by atoms with Crippen molar-refractivity contribution >= 4 is 29.9 Å². The number of rotatable bonds is 9. The third-order valence-corrected chi connectivity index (χ3v) is 5.02. The summed E-state index contributed by atoms with van der Waals surface area (Å²) in [5.74, 6) is 2.64. The number of aliphatic imine (C=N–C) groups is 1. The van der Waals surface area contributed by atoms with Gasteiger partial charge in [0.05, 0.1) is 20.8 Å². The van der Waals surface area contributed by atoms with Crippen molar-refractivity contribution in [3.05, 3.63) is 23.3 Å². The maximum absolute atomic E-state index is 5.46. The Morgan fingerprint density at radius 3 is 2.46 bits per heavy atom. The first-order valence-corrected chi connectivity index (χ1v) is 10.1. The van der Waals surface area contributed by atoms with Gasteiger partial charge < -0.3 is 19.7 Å². The van der Waals surface area contributed by atoms with Crippen molar-refractivity contribution in [1.29, 1.82) is 0 Å². The van der Waals surface area contributed by atoms with Gasteiger partial charge in [-0.1, -0.05) is 13.3 Å². The summed E-state index contributed by atoms with van der Waals surface area (Å²) in [7, 11) is 5.50. The van der Waals surface area contributed by atoms with Gasteiger partial charge in [0.1, 0.15) is 0 Å². The molecular formula is C21H37IN4O2. The molecule has 0 saturated carbocycles. The molecule has 1 aliphatic rings. The number of nitrogens with one attached hydrogen (secondary N) is 1. The normalized spacial score (nSPS) is 14.1. The largest absolute Gasteiger partial charge is 0.493 e. The Bertz CT molecular complexity index is 625. The average Bonchev–Trinajstić information content (AvgIpc) is 2.70. The smallest absolute Gasteiger partial charge is 0.193 e. The second kappa shape index (κ2) is 13.1. The summed E-state index contributed by atoms with van der Waals surface area (Å²) in [4.78, 5) is 9.52. The number of ether oxygens (including phenoxy) is 2. The van der Waals surface area contributed by atoms with Crippen LogP contribution >= 0.6 is 24.0 Å². The molecular weight excluding hydrogens is 467 g/mol. The maximum atomic E-state index is 5.46. The number of nitrogens with zero attached hydrogens (tertiary/aromatic N) is 3. The van der Waals surface area contributed by atoms with Gasteiger partial charge in [0.15, 0.2) is 17.5 Å². The van der Waals surface area contributed by atoms with Crippen molar-refractivity contribution < 1.29 is 9.47 Å². The zero-order valence-corrected chi connectivity index (χ0v) is 20.4. The molecule has 0 bridgehead atoms. The lowest BCUT2D eigenvalue weighted by molar-refractivity contribution is 0.259. The van der Waals surface area contributed by atoms with E-state index in [9.17, 15) is 0 Å². The number of fused-ring (bicyclic) bond motifs is 1. The van der Waals surface area contributed by atoms with E-state index in [0.29, 0.717) is 0 Å². The molecule has 0 atom stereocenters. The molecule has 0 aliphatic carbocycles. The minimum absolute atomic E-state index is 0. The molecule has 2 rings (SSSR count). The van der Waals surface area contributed by atoms with Crippen LogP contribution in [0.3, 0.4) is 0 Å². The zero-order valence-electron chi connectivity index (χ0n) is 18.1. The van der Waals surface area contributed by atoms with Gasteiger partial charge in [0.25, 0.3) is 0 Å². The van der Waals surface area contributed by atoms with E-state index in [1.165, 1.54) is 24.0 Å². The highest BCUT2D eigenvalue weighted by atomic mass is 127. The van der Waals surface area contributed by atoms with Gasteiger partial charge in [-0.2, -0.15) is 0 Å². The summed E-state index contributed by atoms with van der Waals surface area (Å²) < 4.78 is 10.9. The lowest BCUT2D eigenvalue weighted by atomic mass is 9.99. The standard InChI is InChI=1S/C21H36N4O2.HI/c1-6-8-11-24(3)21(22-7-2)23-10-13-25-12-9-17-14-19(26-4)20(27-5)15-18(17)16-25;/h14-15H,6-13,16H2,1-5H3,(H,22,23);1H. The van der Waals surface area contributed by atoms with E-state index in [4.69, 9.17) is 14.5 Å². The molecule has 0 amide bonds. The minimum Gasteiger partial charge on any atom is -0.493 e. The fraction of sp³-hybridized carbons (Fsp3) is 0.667. The van der Waals surface area contributed by atoms with E-state index in [1.54, 1.807) is 14.2 Å². The van der Waals surface area contributed by atoms with Crippen LogP contribution in [0.5, 0.6) is 11.5 Å². The van der Waals surface area contributed by atoms with Crippen LogP contribution in [-0.2, 0) is 13.0 Å². The van der Waals surface area contributed by atoms with Gasteiger partial charge in [0, 0.05) is 39.8 Å². The van der Waals surface area contributed by atoms with Gasteiger partial charge in [-0.15, -0.1) is 24.0 Å². The van der Waals surface area contributed by atoms with E-state index in [-0.39, 0.29) is 24.0 Å². The number of hydrogen-bond donors (Lipinski definition) is 1. The number of hydrogen-bond acceptors (Lipinski definition) is 4. The zero-order chi connectivity index (χ0) is 19.6. The van der Waals surface area contributed by atoms with E-state index >= 15 is 0 Å². The maximum Gasteiger partial charge on any atom is 0.193 e. The Morgan fingerprint density at radius 2 is 1.86 bits per heavy atom. The van der Waals surface area contributed by atoms with Crippen molar-refractivity contribution in [2.45, 2.75) is 39.7 Å². The second-order valence-electron chi connectivity index (χ2n) is 7.01. The predicted molar refractivity (Wildman–Crippen MR) is 127 cm³/mol. The van der Waals surface area contributed by atoms with Crippen LogP contribution in [0.2, 0.25) is 0 Å². The Morgan fingerprint density at radius 1 is 1.18 bits per heavy atom. The number of benzene rings is 1. The highest BCUT2D eigenvalue weighted by molar-refractivity contribution is 14.0. The second-order valence-corrected chi connectivity index (χ2v) is 7.01. The van der Waals surface area contributed by atoms with E-state index < -0.39 is 0 Å². The average molecular weight is 504 g/mol. The molecule has 1 aromatic carbocycles. The molecule has 1 aromatic rings. The fourth-order valence-electron chi connectivity index (χ4n) is 3.40. The first-order chi connectivity index (χ1) is 13.1. The first kappa shape index (κ1) is 24.8. The van der Waals surface area contributed by atoms with Gasteiger partial charge in [-0.25, -0.2) is 0 Å². The first-order valence-electron chi connectivity index (χ1n) is 10.1. The molecule has 28 heavy (non-hydrogen) atoms. The number of unbranched alkanes of at least 4 members (excludes halogenated alkanes) is 1. The van der Waals surface area contributed by atoms with Crippen molar-refractivity contribution in [3.8, 4) is 11.5 Å².